The van der Waals surface area contributed by atoms with Gasteiger partial charge in [-0.2, -0.15) is 0 Å². The summed E-state index contributed by atoms with van der Waals surface area (Å²) in [7, 11) is 1.91. The van der Waals surface area contributed by atoms with E-state index < -0.39 is 0 Å². The molecule has 4 heteroatoms. The summed E-state index contributed by atoms with van der Waals surface area (Å²) in [5.41, 5.74) is 10.1. The topological polar surface area (TPSA) is 51.9 Å². The fourth-order valence-corrected chi connectivity index (χ4v) is 2.61. The Bertz CT molecular complexity index is 833. The first-order valence-electron chi connectivity index (χ1n) is 7.56. The zero-order valence-electron chi connectivity index (χ0n) is 13.4. The molecule has 0 aliphatic carbocycles. The lowest BCUT2D eigenvalue weighted by Crippen LogP contribution is -2.39. The molecule has 0 saturated heterocycles. The number of benzene rings is 2. The average Bonchev–Trinajstić information content (AvgIpc) is 2.85. The molecule has 116 valence electrons. The van der Waals surface area contributed by atoms with Crippen LogP contribution in [-0.2, 0) is 13.6 Å². The Morgan fingerprint density at radius 1 is 1.09 bits per heavy atom. The lowest BCUT2D eigenvalue weighted by Gasteiger charge is -2.01. The fraction of sp³-hybridized carbons (Fsp3) is 0.158. The van der Waals surface area contributed by atoms with Crippen molar-refractivity contribution in [3.05, 3.63) is 71.9 Å². The van der Waals surface area contributed by atoms with E-state index in [2.05, 4.69) is 0 Å². The molecule has 0 saturated carbocycles. The van der Waals surface area contributed by atoms with Crippen LogP contribution in [0.15, 0.2) is 60.8 Å². The maximum atomic E-state index is 12.4. The van der Waals surface area contributed by atoms with Gasteiger partial charge in [-0.3, -0.25) is 10.5 Å². The summed E-state index contributed by atoms with van der Waals surface area (Å²) in [5, 5.41) is 0. The number of aromatic nitrogens is 2. The number of nitrogens with zero attached hydrogens (tertiary/aromatic N) is 2. The second kappa shape index (κ2) is 6.08. The molecule has 2 N–H and O–H groups in total. The lowest BCUT2D eigenvalue weighted by atomic mass is 10.1. The van der Waals surface area contributed by atoms with Crippen LogP contribution in [0.2, 0.25) is 0 Å². The van der Waals surface area contributed by atoms with Gasteiger partial charge in [0.2, 0.25) is 0 Å². The number of nitrogen functional groups attached to an aromatic ring is 1. The van der Waals surface area contributed by atoms with Crippen molar-refractivity contribution in [1.29, 1.82) is 0 Å². The van der Waals surface area contributed by atoms with Crippen molar-refractivity contribution in [2.45, 2.75) is 13.5 Å². The van der Waals surface area contributed by atoms with Crippen molar-refractivity contribution in [3.63, 3.8) is 0 Å². The predicted molar refractivity (Wildman–Crippen MR) is 91.0 cm³/mol. The average molecular weight is 306 g/mol. The molecule has 3 rings (SSSR count). The third-order valence-electron chi connectivity index (χ3n) is 4.03. The van der Waals surface area contributed by atoms with Gasteiger partial charge in [-0.1, -0.05) is 60.2 Å². The second-order valence-electron chi connectivity index (χ2n) is 5.71. The first-order valence-corrected chi connectivity index (χ1v) is 7.56. The molecule has 23 heavy (non-hydrogen) atoms. The molecule has 3 aromatic rings. The van der Waals surface area contributed by atoms with Gasteiger partial charge in [-0.05, 0) is 6.92 Å². The molecule has 4 nitrogen and oxygen atoms in total. The summed E-state index contributed by atoms with van der Waals surface area (Å²) in [4.78, 5) is 12.4. The molecule has 1 aromatic heterocycles. The number of Topliss-reactive ketones (excluding diaryl/α,β-unsaturated/α-hetero) is 1. The molecule has 1 heterocycles. The largest absolute Gasteiger partial charge is 0.355 e. The minimum Gasteiger partial charge on any atom is -0.291 e. The van der Waals surface area contributed by atoms with Crippen molar-refractivity contribution in [2.75, 3.05) is 5.73 Å². The van der Waals surface area contributed by atoms with Crippen LogP contribution in [0.3, 0.4) is 0 Å². The second-order valence-corrected chi connectivity index (χ2v) is 5.71. The summed E-state index contributed by atoms with van der Waals surface area (Å²) < 4.78 is 3.70. The van der Waals surface area contributed by atoms with E-state index in [9.17, 15) is 4.79 Å². The number of nitrogens with two attached hydrogens (primary N) is 1. The third kappa shape index (κ3) is 3.01. The molecule has 0 aliphatic heterocycles. The minimum absolute atomic E-state index is 0.0481. The third-order valence-corrected chi connectivity index (χ3v) is 4.03. The highest BCUT2D eigenvalue weighted by molar-refractivity contribution is 5.95. The molecule has 0 atom stereocenters. The highest BCUT2D eigenvalue weighted by Gasteiger charge is 2.20. The molecule has 0 unspecified atom stereocenters. The Hall–Kier alpha value is -2.88. The first kappa shape index (κ1) is 15.0. The van der Waals surface area contributed by atoms with Gasteiger partial charge < -0.3 is 0 Å². The van der Waals surface area contributed by atoms with Crippen molar-refractivity contribution < 1.29 is 9.36 Å². The Labute approximate surface area is 135 Å². The Morgan fingerprint density at radius 2 is 1.74 bits per heavy atom. The molecular formula is C19H20N3O+. The van der Waals surface area contributed by atoms with Gasteiger partial charge in [-0.25, -0.2) is 9.13 Å². The smallest absolute Gasteiger partial charge is 0.291 e. The number of carbonyl (C=O) groups excluding carboxylic acids is 1. The van der Waals surface area contributed by atoms with E-state index in [0.717, 1.165) is 16.8 Å². The molecule has 0 bridgehead atoms. The van der Waals surface area contributed by atoms with E-state index in [-0.39, 0.29) is 12.3 Å². The molecule has 2 aromatic carbocycles. The van der Waals surface area contributed by atoms with Crippen LogP contribution < -0.4 is 10.3 Å². The molecular weight excluding hydrogens is 286 g/mol. The maximum Gasteiger partial charge on any atom is 0.355 e. The van der Waals surface area contributed by atoms with Crippen LogP contribution in [0.5, 0.6) is 0 Å². The van der Waals surface area contributed by atoms with Gasteiger partial charge in [0.05, 0.1) is 7.05 Å². The van der Waals surface area contributed by atoms with E-state index in [1.54, 1.807) is 4.57 Å². The lowest BCUT2D eigenvalue weighted by molar-refractivity contribution is -0.667. The van der Waals surface area contributed by atoms with Gasteiger partial charge in [-0.15, -0.1) is 0 Å². The summed E-state index contributed by atoms with van der Waals surface area (Å²) in [6, 6.07) is 17.6. The summed E-state index contributed by atoms with van der Waals surface area (Å²) in [5.74, 6) is 0.608. The van der Waals surface area contributed by atoms with Gasteiger partial charge in [0, 0.05) is 11.1 Å². The molecule has 0 fully saturated rings. The van der Waals surface area contributed by atoms with Gasteiger partial charge >= 0.3 is 5.95 Å². The number of hydrogen-bond acceptors (Lipinski definition) is 2. The van der Waals surface area contributed by atoms with Crippen LogP contribution in [0, 0.1) is 6.92 Å². The summed E-state index contributed by atoms with van der Waals surface area (Å²) in [6.45, 7) is 2.24. The van der Waals surface area contributed by atoms with Gasteiger partial charge in [0.15, 0.2) is 5.78 Å². The van der Waals surface area contributed by atoms with E-state index in [4.69, 9.17) is 5.73 Å². The predicted octanol–water partition coefficient (Wildman–Crippen LogP) is 2.75. The number of rotatable bonds is 4. The highest BCUT2D eigenvalue weighted by atomic mass is 16.1. The van der Waals surface area contributed by atoms with Crippen LogP contribution >= 0.6 is 0 Å². The van der Waals surface area contributed by atoms with Crippen molar-refractivity contribution in [3.8, 4) is 11.3 Å². The van der Waals surface area contributed by atoms with E-state index in [0.29, 0.717) is 11.5 Å². The van der Waals surface area contributed by atoms with Crippen LogP contribution in [-0.4, -0.2) is 10.4 Å². The van der Waals surface area contributed by atoms with Crippen molar-refractivity contribution >= 4 is 11.7 Å². The monoisotopic (exact) mass is 306 g/mol. The van der Waals surface area contributed by atoms with Crippen molar-refractivity contribution in [1.82, 2.24) is 4.57 Å². The SMILES string of the molecule is Cc1ccc(C(=O)C[n+]2cc(-c3ccccc3)n(C)c2N)cc1. The van der Waals surface area contributed by atoms with E-state index >= 15 is 0 Å². The molecule has 0 aliphatic rings. The van der Waals surface area contributed by atoms with Crippen LogP contribution in [0.4, 0.5) is 5.95 Å². The standard InChI is InChI=1S/C19H19N3O/c1-14-8-10-16(11-9-14)18(23)13-22-12-17(21(2)19(22)20)15-6-4-3-5-7-15/h3-12,20H,13H2,1-2H3/p+1. The number of carbonyl (C=O) groups is 1. The van der Waals surface area contributed by atoms with Crippen LogP contribution in [0.25, 0.3) is 11.3 Å². The highest BCUT2D eigenvalue weighted by Crippen LogP contribution is 2.19. The van der Waals surface area contributed by atoms with E-state index in [1.165, 1.54) is 0 Å². The number of imidazole rings is 1. The quantitative estimate of drug-likeness (QED) is 0.595. The summed E-state index contributed by atoms with van der Waals surface area (Å²) in [6.07, 6.45) is 1.93. The number of anilines is 1. The van der Waals surface area contributed by atoms with E-state index in [1.807, 2.05) is 79.3 Å². The van der Waals surface area contributed by atoms with Crippen LogP contribution in [0.1, 0.15) is 15.9 Å². The zero-order valence-corrected chi connectivity index (χ0v) is 13.4. The Kier molecular flexibility index (Phi) is 3.98. The summed E-state index contributed by atoms with van der Waals surface area (Å²) >= 11 is 0. The molecule has 0 radical (unpaired) electrons. The molecule has 0 amide bonds. The van der Waals surface area contributed by atoms with Crippen molar-refractivity contribution in [2.24, 2.45) is 7.05 Å². The number of hydrogen-bond donors (Lipinski definition) is 1. The minimum atomic E-state index is 0.0481. The normalized spacial score (nSPS) is 10.7. The fourth-order valence-electron chi connectivity index (χ4n) is 2.61. The first-order chi connectivity index (χ1) is 11.1. The zero-order chi connectivity index (χ0) is 16.4. The van der Waals surface area contributed by atoms with Gasteiger partial charge in [0.1, 0.15) is 18.4 Å². The number of aryl methyl sites for hydroxylation is 1. The number of ketones is 1. The van der Waals surface area contributed by atoms with Gasteiger partial charge in [0.25, 0.3) is 0 Å². The Morgan fingerprint density at radius 3 is 2.39 bits per heavy atom. The Balaban J connectivity index is 1.89. The molecule has 0 spiro atoms. The maximum absolute atomic E-state index is 12.4.